The van der Waals surface area contributed by atoms with Crippen LogP contribution in [0.3, 0.4) is 0 Å². The number of benzene rings is 1. The van der Waals surface area contributed by atoms with Gasteiger partial charge in [-0.2, -0.15) is 0 Å². The number of nitrogens with one attached hydrogen (secondary N) is 1. The van der Waals surface area contributed by atoms with Crippen LogP contribution < -0.4 is 14.8 Å². The fourth-order valence-corrected chi connectivity index (χ4v) is 1.93. The minimum Gasteiger partial charge on any atom is -0.423 e. The molecule has 0 radical (unpaired) electrons. The van der Waals surface area contributed by atoms with E-state index < -0.39 is 18.0 Å². The van der Waals surface area contributed by atoms with Crippen molar-refractivity contribution in [3.63, 3.8) is 0 Å². The summed E-state index contributed by atoms with van der Waals surface area (Å²) in [6, 6.07) is 3.91. The number of rotatable bonds is 6. The summed E-state index contributed by atoms with van der Waals surface area (Å²) in [7, 11) is 0. The number of hydrogen-bond acceptors (Lipinski definition) is 6. The lowest BCUT2D eigenvalue weighted by Gasteiger charge is -2.16. The molecular formula is C16H19NO6. The summed E-state index contributed by atoms with van der Waals surface area (Å²) in [5.74, 6) is -1.45. The lowest BCUT2D eigenvalue weighted by molar-refractivity contribution is -0.134. The zero-order valence-corrected chi connectivity index (χ0v) is 13.5. The Morgan fingerprint density at radius 1 is 0.957 bits per heavy atom. The second-order valence-corrected chi connectivity index (χ2v) is 5.04. The zero-order chi connectivity index (χ0) is 17.6. The predicted octanol–water partition coefficient (Wildman–Crippen LogP) is 1.17. The Balaban J connectivity index is 3.07. The number of carbonyl (C=O) groups excluding carboxylic acids is 4. The van der Waals surface area contributed by atoms with Crippen LogP contribution in [-0.2, 0) is 25.6 Å². The topological polar surface area (TPSA) is 98.8 Å². The Morgan fingerprint density at radius 3 is 2.00 bits per heavy atom. The number of ketones is 1. The molecule has 0 aliphatic heterocycles. The average molecular weight is 321 g/mol. The van der Waals surface area contributed by atoms with E-state index in [9.17, 15) is 19.2 Å². The molecule has 7 nitrogen and oxygen atoms in total. The van der Waals surface area contributed by atoms with Gasteiger partial charge >= 0.3 is 11.9 Å². The first kappa shape index (κ1) is 18.3. The summed E-state index contributed by atoms with van der Waals surface area (Å²) in [5.41, 5.74) is 0.645. The minimum atomic E-state index is -0.683. The molecule has 124 valence electrons. The van der Waals surface area contributed by atoms with Crippen molar-refractivity contribution < 1.29 is 28.7 Å². The molecule has 1 amide bonds. The van der Waals surface area contributed by atoms with Crippen molar-refractivity contribution in [3.05, 3.63) is 23.8 Å². The average Bonchev–Trinajstić information content (AvgIpc) is 2.39. The highest BCUT2D eigenvalue weighted by molar-refractivity contribution is 5.87. The number of hydrogen-bond donors (Lipinski definition) is 1. The Hall–Kier alpha value is -2.70. The number of Topliss-reactive ketones (excluding diaryl/α,β-unsaturated/α-hetero) is 1. The normalized spacial score (nSPS) is 11.3. The Kier molecular flexibility index (Phi) is 6.44. The Morgan fingerprint density at radius 2 is 1.52 bits per heavy atom. The van der Waals surface area contributed by atoms with Crippen LogP contribution in [0.25, 0.3) is 0 Å². The molecule has 0 spiro atoms. The number of carbonyl (C=O) groups is 4. The van der Waals surface area contributed by atoms with Crippen molar-refractivity contribution in [2.75, 3.05) is 0 Å². The molecule has 1 atom stereocenters. The van der Waals surface area contributed by atoms with Gasteiger partial charge in [0.15, 0.2) is 17.3 Å². The van der Waals surface area contributed by atoms with Gasteiger partial charge in [-0.15, -0.1) is 0 Å². The molecule has 0 aliphatic carbocycles. The van der Waals surface area contributed by atoms with Crippen LogP contribution >= 0.6 is 0 Å². The van der Waals surface area contributed by atoms with Gasteiger partial charge in [0, 0.05) is 20.8 Å². The number of esters is 2. The van der Waals surface area contributed by atoms with Gasteiger partial charge in [-0.1, -0.05) is 6.07 Å². The van der Waals surface area contributed by atoms with Gasteiger partial charge in [0.25, 0.3) is 0 Å². The number of amides is 1. The highest BCUT2D eigenvalue weighted by atomic mass is 16.6. The van der Waals surface area contributed by atoms with Gasteiger partial charge in [-0.3, -0.25) is 19.2 Å². The van der Waals surface area contributed by atoms with E-state index in [0.717, 1.165) is 0 Å². The van der Waals surface area contributed by atoms with Crippen LogP contribution in [0.1, 0.15) is 33.3 Å². The van der Waals surface area contributed by atoms with Crippen LogP contribution in [0.5, 0.6) is 11.5 Å². The standard InChI is InChI=1S/C16H19NO6/c1-9(18)14(17-10(2)19)7-13-5-6-15(22-11(3)20)16(8-13)23-12(4)21/h5-6,8,14H,7H2,1-4H3,(H,17,19)/t14-/m0/s1. The number of ether oxygens (including phenoxy) is 2. The van der Waals surface area contributed by atoms with E-state index in [-0.39, 0.29) is 29.6 Å². The summed E-state index contributed by atoms with van der Waals surface area (Å²) < 4.78 is 9.99. The highest BCUT2D eigenvalue weighted by Gasteiger charge is 2.18. The van der Waals surface area contributed by atoms with Crippen molar-refractivity contribution >= 4 is 23.6 Å². The summed E-state index contributed by atoms with van der Waals surface area (Å²) in [5, 5.41) is 2.55. The molecule has 1 rings (SSSR count). The highest BCUT2D eigenvalue weighted by Crippen LogP contribution is 2.29. The molecular weight excluding hydrogens is 302 g/mol. The van der Waals surface area contributed by atoms with Crippen molar-refractivity contribution in [3.8, 4) is 11.5 Å². The van der Waals surface area contributed by atoms with Crippen LogP contribution in [0, 0.1) is 0 Å². The minimum absolute atomic E-state index is 0.0790. The molecule has 0 fully saturated rings. The fraction of sp³-hybridized carbons (Fsp3) is 0.375. The summed E-state index contributed by atoms with van der Waals surface area (Å²) >= 11 is 0. The van der Waals surface area contributed by atoms with Crippen molar-refractivity contribution in [1.82, 2.24) is 5.32 Å². The van der Waals surface area contributed by atoms with Gasteiger partial charge in [-0.25, -0.2) is 0 Å². The van der Waals surface area contributed by atoms with Crippen molar-refractivity contribution in [1.29, 1.82) is 0 Å². The first-order valence-electron chi connectivity index (χ1n) is 6.96. The third kappa shape index (κ3) is 6.29. The smallest absolute Gasteiger partial charge is 0.308 e. The molecule has 7 heteroatoms. The largest absolute Gasteiger partial charge is 0.423 e. The van der Waals surface area contributed by atoms with Crippen LogP contribution in [0.4, 0.5) is 0 Å². The van der Waals surface area contributed by atoms with E-state index in [4.69, 9.17) is 9.47 Å². The Labute approximate surface area is 134 Å². The second kappa shape index (κ2) is 8.07. The molecule has 0 heterocycles. The van der Waals surface area contributed by atoms with Crippen LogP contribution in [-0.4, -0.2) is 29.7 Å². The molecule has 0 bridgehead atoms. The van der Waals surface area contributed by atoms with Crippen LogP contribution in [0.15, 0.2) is 18.2 Å². The summed E-state index contributed by atoms with van der Waals surface area (Å²) in [6.45, 7) is 5.15. The first-order chi connectivity index (χ1) is 10.7. The molecule has 23 heavy (non-hydrogen) atoms. The van der Waals surface area contributed by atoms with E-state index >= 15 is 0 Å². The van der Waals surface area contributed by atoms with E-state index in [0.29, 0.717) is 5.56 Å². The molecule has 0 saturated heterocycles. The molecule has 0 aliphatic rings. The predicted molar refractivity (Wildman–Crippen MR) is 81.0 cm³/mol. The van der Waals surface area contributed by atoms with Gasteiger partial charge in [-0.05, 0) is 31.0 Å². The lowest BCUT2D eigenvalue weighted by atomic mass is 10.0. The van der Waals surface area contributed by atoms with Crippen LogP contribution in [0.2, 0.25) is 0 Å². The molecule has 0 unspecified atom stereocenters. The first-order valence-corrected chi connectivity index (χ1v) is 6.96. The van der Waals surface area contributed by atoms with Gasteiger partial charge < -0.3 is 14.8 Å². The zero-order valence-electron chi connectivity index (χ0n) is 13.5. The summed E-state index contributed by atoms with van der Waals surface area (Å²) in [6.07, 6.45) is 0.226. The van der Waals surface area contributed by atoms with E-state index in [1.165, 1.54) is 39.8 Å². The van der Waals surface area contributed by atoms with Crippen molar-refractivity contribution in [2.45, 2.75) is 40.2 Å². The Bertz CT molecular complexity index is 637. The monoisotopic (exact) mass is 321 g/mol. The fourth-order valence-electron chi connectivity index (χ4n) is 1.93. The lowest BCUT2D eigenvalue weighted by Crippen LogP contribution is -2.40. The third-order valence-electron chi connectivity index (χ3n) is 2.82. The maximum Gasteiger partial charge on any atom is 0.308 e. The SMILES string of the molecule is CC(=O)N[C@@H](Cc1ccc(OC(C)=O)c(OC(C)=O)c1)C(C)=O. The molecule has 1 N–H and O–H groups in total. The van der Waals surface area contributed by atoms with E-state index in [1.54, 1.807) is 6.07 Å². The van der Waals surface area contributed by atoms with Gasteiger partial charge in [0.1, 0.15) is 0 Å². The molecule has 1 aromatic carbocycles. The van der Waals surface area contributed by atoms with E-state index in [1.807, 2.05) is 0 Å². The third-order valence-corrected chi connectivity index (χ3v) is 2.82. The van der Waals surface area contributed by atoms with Crippen molar-refractivity contribution in [2.24, 2.45) is 0 Å². The maximum absolute atomic E-state index is 11.6. The second-order valence-electron chi connectivity index (χ2n) is 5.04. The quantitative estimate of drug-likeness (QED) is 0.624. The van der Waals surface area contributed by atoms with E-state index in [2.05, 4.69) is 5.32 Å². The van der Waals surface area contributed by atoms with Gasteiger partial charge in [0.2, 0.25) is 5.91 Å². The van der Waals surface area contributed by atoms with Gasteiger partial charge in [0.05, 0.1) is 6.04 Å². The summed E-state index contributed by atoms with van der Waals surface area (Å²) in [4.78, 5) is 45.0. The molecule has 1 aromatic rings. The molecule has 0 aromatic heterocycles. The molecule has 0 saturated carbocycles. The maximum atomic E-state index is 11.6.